The molecule has 0 radical (unpaired) electrons. The predicted octanol–water partition coefficient (Wildman–Crippen LogP) is 4.92. The Hall–Kier alpha value is -2.24. The van der Waals surface area contributed by atoms with Crippen LogP contribution in [0.1, 0.15) is 50.2 Å². The standard InChI is InChI=1S/C29H38FN2O2/c1-29(25-11-4-2-5-12-25,31-17-8-3-9-18-31)28(33)34-27-22-32(20-15-24(27)16-21-32)19-14-23-10-6-7-13-26(23)30/h2,4-7,10-13,24,27H,3,8-9,14-22H2,1H3/q+1/t24?,27-,29+,32?/m0/s1. The number of ether oxygens (including phenoxy) is 1. The lowest BCUT2D eigenvalue weighted by molar-refractivity contribution is -0.946. The second-order valence-electron chi connectivity index (χ2n) is 10.8. The van der Waals surface area contributed by atoms with Crippen LogP contribution in [0.4, 0.5) is 4.39 Å². The highest BCUT2D eigenvalue weighted by molar-refractivity contribution is 5.82. The fraction of sp³-hybridized carbons (Fsp3) is 0.552. The van der Waals surface area contributed by atoms with E-state index in [0.29, 0.717) is 5.92 Å². The van der Waals surface area contributed by atoms with Gasteiger partial charge in [-0.1, -0.05) is 55.0 Å². The molecule has 4 aliphatic rings. The first kappa shape index (κ1) is 23.5. The van der Waals surface area contributed by atoms with Gasteiger partial charge in [-0.3, -0.25) is 4.90 Å². The Balaban J connectivity index is 1.32. The van der Waals surface area contributed by atoms with Crippen molar-refractivity contribution in [1.82, 2.24) is 4.90 Å². The van der Waals surface area contributed by atoms with Gasteiger partial charge in [0.25, 0.3) is 0 Å². The summed E-state index contributed by atoms with van der Waals surface area (Å²) in [5, 5.41) is 0. The SMILES string of the molecule is C[C@](C(=O)O[C@H]1C[N+]2(CCc3ccccc3F)CCC1CC2)(c1ccccc1)N1CCCCC1. The summed E-state index contributed by atoms with van der Waals surface area (Å²) in [6, 6.07) is 17.3. The quantitative estimate of drug-likeness (QED) is 0.429. The van der Waals surface area contributed by atoms with Gasteiger partial charge in [-0.25, -0.2) is 9.18 Å². The maximum atomic E-state index is 14.2. The van der Waals surface area contributed by atoms with Crippen LogP contribution in [0.2, 0.25) is 0 Å². The molecule has 0 aliphatic carbocycles. The number of benzene rings is 2. The molecule has 4 aliphatic heterocycles. The molecule has 2 aromatic carbocycles. The molecule has 4 fully saturated rings. The Morgan fingerprint density at radius 2 is 1.71 bits per heavy atom. The zero-order valence-electron chi connectivity index (χ0n) is 20.4. The summed E-state index contributed by atoms with van der Waals surface area (Å²) >= 11 is 0. The summed E-state index contributed by atoms with van der Waals surface area (Å²) in [6.07, 6.45) is 6.32. The summed E-state index contributed by atoms with van der Waals surface area (Å²) in [6.45, 7) is 7.89. The van der Waals surface area contributed by atoms with Gasteiger partial charge in [0.15, 0.2) is 6.10 Å². The van der Waals surface area contributed by atoms with E-state index in [9.17, 15) is 9.18 Å². The van der Waals surface area contributed by atoms with Crippen molar-refractivity contribution in [2.75, 3.05) is 39.3 Å². The van der Waals surface area contributed by atoms with Crippen LogP contribution in [-0.4, -0.2) is 60.7 Å². The smallest absolute Gasteiger partial charge is 0.331 e. The molecule has 5 heteroatoms. The van der Waals surface area contributed by atoms with Crippen molar-refractivity contribution in [1.29, 1.82) is 0 Å². The number of fused-ring (bicyclic) bond motifs is 3. The van der Waals surface area contributed by atoms with Crippen molar-refractivity contribution in [2.24, 2.45) is 5.92 Å². The lowest BCUT2D eigenvalue weighted by Gasteiger charge is -2.53. The highest BCUT2D eigenvalue weighted by Crippen LogP contribution is 2.39. The van der Waals surface area contributed by atoms with Gasteiger partial charge in [-0.05, 0) is 50.0 Å². The molecular formula is C29H38FN2O2+. The van der Waals surface area contributed by atoms with Crippen LogP contribution in [0, 0.1) is 11.7 Å². The Labute approximate surface area is 203 Å². The van der Waals surface area contributed by atoms with Gasteiger partial charge in [0, 0.05) is 25.2 Å². The molecular weight excluding hydrogens is 427 g/mol. The van der Waals surface area contributed by atoms with E-state index in [1.165, 1.54) is 6.42 Å². The number of nitrogens with zero attached hydrogens (tertiary/aromatic N) is 2. The van der Waals surface area contributed by atoms with Crippen LogP contribution >= 0.6 is 0 Å². The lowest BCUT2D eigenvalue weighted by Crippen LogP contribution is -2.65. The van der Waals surface area contributed by atoms with Crippen LogP contribution in [0.3, 0.4) is 0 Å². The first-order valence-corrected chi connectivity index (χ1v) is 13.1. The molecule has 0 spiro atoms. The molecule has 34 heavy (non-hydrogen) atoms. The van der Waals surface area contributed by atoms with E-state index in [-0.39, 0.29) is 17.9 Å². The zero-order valence-corrected chi connectivity index (χ0v) is 20.4. The molecule has 4 nitrogen and oxygen atoms in total. The van der Waals surface area contributed by atoms with Crippen LogP contribution in [-0.2, 0) is 21.5 Å². The molecule has 4 heterocycles. The monoisotopic (exact) mass is 465 g/mol. The average Bonchev–Trinajstić information content (AvgIpc) is 2.89. The summed E-state index contributed by atoms with van der Waals surface area (Å²) < 4.78 is 21.6. The zero-order chi connectivity index (χ0) is 23.6. The molecule has 182 valence electrons. The molecule has 0 aromatic heterocycles. The van der Waals surface area contributed by atoms with Gasteiger partial charge in [0.1, 0.15) is 17.9 Å². The Morgan fingerprint density at radius 1 is 1.03 bits per heavy atom. The number of likely N-dealkylation sites (tertiary alicyclic amines) is 1. The normalized spacial score (nSPS) is 28.9. The summed E-state index contributed by atoms with van der Waals surface area (Å²) in [5.41, 5.74) is 1.05. The number of halogens is 1. The van der Waals surface area contributed by atoms with E-state index < -0.39 is 5.54 Å². The molecule has 0 N–H and O–H groups in total. The van der Waals surface area contributed by atoms with Crippen LogP contribution < -0.4 is 0 Å². The number of rotatable bonds is 7. The summed E-state index contributed by atoms with van der Waals surface area (Å²) in [5.74, 6) is 0.223. The van der Waals surface area contributed by atoms with Gasteiger partial charge in [0.2, 0.25) is 0 Å². The van der Waals surface area contributed by atoms with Crippen molar-refractivity contribution in [3.63, 3.8) is 0 Å². The number of quaternary nitrogens is 1. The number of carbonyl (C=O) groups excluding carboxylic acids is 1. The van der Waals surface area contributed by atoms with E-state index in [4.69, 9.17) is 4.74 Å². The first-order chi connectivity index (χ1) is 16.5. The molecule has 2 atom stereocenters. The second kappa shape index (κ2) is 9.79. The first-order valence-electron chi connectivity index (χ1n) is 13.1. The fourth-order valence-corrected chi connectivity index (χ4v) is 6.51. The Morgan fingerprint density at radius 3 is 2.41 bits per heavy atom. The number of piperidine rings is 4. The van der Waals surface area contributed by atoms with Crippen molar-refractivity contribution < 1.29 is 18.4 Å². The maximum Gasteiger partial charge on any atom is 0.331 e. The number of carbonyl (C=O) groups is 1. The average molecular weight is 466 g/mol. The second-order valence-corrected chi connectivity index (χ2v) is 10.8. The van der Waals surface area contributed by atoms with E-state index in [2.05, 4.69) is 24.0 Å². The van der Waals surface area contributed by atoms with Gasteiger partial charge < -0.3 is 9.22 Å². The summed E-state index contributed by atoms with van der Waals surface area (Å²) in [7, 11) is 0. The van der Waals surface area contributed by atoms with E-state index >= 15 is 0 Å². The molecule has 0 unspecified atom stereocenters. The molecule has 6 rings (SSSR count). The fourth-order valence-electron chi connectivity index (χ4n) is 6.51. The summed E-state index contributed by atoms with van der Waals surface area (Å²) in [4.78, 5) is 16.2. The van der Waals surface area contributed by atoms with Crippen molar-refractivity contribution >= 4 is 5.97 Å². The van der Waals surface area contributed by atoms with Crippen LogP contribution in [0.25, 0.3) is 0 Å². The van der Waals surface area contributed by atoms with E-state index in [1.54, 1.807) is 12.1 Å². The lowest BCUT2D eigenvalue weighted by atomic mass is 9.82. The number of esters is 1. The van der Waals surface area contributed by atoms with Crippen molar-refractivity contribution in [2.45, 2.75) is 57.1 Å². The molecule has 0 saturated carbocycles. The Kier molecular flexibility index (Phi) is 6.76. The minimum absolute atomic E-state index is 0.0524. The minimum Gasteiger partial charge on any atom is -0.454 e. The minimum atomic E-state index is -0.758. The number of hydrogen-bond acceptors (Lipinski definition) is 3. The highest BCUT2D eigenvalue weighted by Gasteiger charge is 2.50. The molecule has 2 bridgehead atoms. The maximum absolute atomic E-state index is 14.2. The molecule has 0 amide bonds. The molecule has 2 aromatic rings. The Bertz CT molecular complexity index is 983. The van der Waals surface area contributed by atoms with Crippen LogP contribution in [0.15, 0.2) is 54.6 Å². The third-order valence-electron chi connectivity index (χ3n) is 8.84. The topological polar surface area (TPSA) is 29.5 Å². The predicted molar refractivity (Wildman–Crippen MR) is 132 cm³/mol. The molecule has 4 saturated heterocycles. The van der Waals surface area contributed by atoms with E-state index in [1.807, 2.05) is 30.3 Å². The van der Waals surface area contributed by atoms with Crippen LogP contribution in [0.5, 0.6) is 0 Å². The van der Waals surface area contributed by atoms with Crippen molar-refractivity contribution in [3.05, 3.63) is 71.5 Å². The van der Waals surface area contributed by atoms with Gasteiger partial charge in [-0.15, -0.1) is 0 Å². The third kappa shape index (κ3) is 4.52. The van der Waals surface area contributed by atoms with E-state index in [0.717, 1.165) is 87.0 Å². The third-order valence-corrected chi connectivity index (χ3v) is 8.84. The van der Waals surface area contributed by atoms with Gasteiger partial charge >= 0.3 is 5.97 Å². The van der Waals surface area contributed by atoms with Crippen molar-refractivity contribution in [3.8, 4) is 0 Å². The number of hydrogen-bond donors (Lipinski definition) is 0. The van der Waals surface area contributed by atoms with Gasteiger partial charge in [-0.2, -0.15) is 0 Å². The van der Waals surface area contributed by atoms with Gasteiger partial charge in [0.05, 0.1) is 19.6 Å². The highest BCUT2D eigenvalue weighted by atomic mass is 19.1. The largest absolute Gasteiger partial charge is 0.454 e.